The molecular formula is C13H20N2O3. The zero-order valence-electron chi connectivity index (χ0n) is 10.8. The van der Waals surface area contributed by atoms with Crippen LogP contribution >= 0.6 is 0 Å². The SMILES string of the molecule is CCCN(CCO)C(=O)c1ccc(N)cc1OC. The molecule has 0 spiro atoms. The third kappa shape index (κ3) is 3.37. The van der Waals surface area contributed by atoms with Crippen molar-refractivity contribution in [3.05, 3.63) is 23.8 Å². The van der Waals surface area contributed by atoms with Crippen LogP contribution in [0.4, 0.5) is 5.69 Å². The molecule has 0 saturated carbocycles. The highest BCUT2D eigenvalue weighted by Gasteiger charge is 2.18. The van der Waals surface area contributed by atoms with Gasteiger partial charge in [0.2, 0.25) is 0 Å². The number of carbonyl (C=O) groups is 1. The Hall–Kier alpha value is -1.75. The summed E-state index contributed by atoms with van der Waals surface area (Å²) < 4.78 is 5.16. The summed E-state index contributed by atoms with van der Waals surface area (Å²) in [5, 5.41) is 8.98. The lowest BCUT2D eigenvalue weighted by Gasteiger charge is -2.22. The van der Waals surface area contributed by atoms with Crippen molar-refractivity contribution in [2.24, 2.45) is 0 Å². The first-order valence-corrected chi connectivity index (χ1v) is 5.97. The van der Waals surface area contributed by atoms with E-state index in [1.807, 2.05) is 6.92 Å². The smallest absolute Gasteiger partial charge is 0.257 e. The number of methoxy groups -OCH3 is 1. The van der Waals surface area contributed by atoms with E-state index in [4.69, 9.17) is 15.6 Å². The van der Waals surface area contributed by atoms with Crippen LogP contribution in [0, 0.1) is 0 Å². The second-order valence-corrected chi connectivity index (χ2v) is 3.98. The van der Waals surface area contributed by atoms with Crippen LogP contribution in [0.1, 0.15) is 23.7 Å². The molecule has 0 aromatic heterocycles. The van der Waals surface area contributed by atoms with Crippen molar-refractivity contribution in [2.45, 2.75) is 13.3 Å². The quantitative estimate of drug-likeness (QED) is 0.744. The highest BCUT2D eigenvalue weighted by molar-refractivity contribution is 5.97. The fourth-order valence-electron chi connectivity index (χ4n) is 1.76. The van der Waals surface area contributed by atoms with Gasteiger partial charge in [0.1, 0.15) is 5.75 Å². The number of aliphatic hydroxyl groups is 1. The molecule has 0 heterocycles. The predicted molar refractivity (Wildman–Crippen MR) is 70.7 cm³/mol. The maximum Gasteiger partial charge on any atom is 0.257 e. The summed E-state index contributed by atoms with van der Waals surface area (Å²) >= 11 is 0. The lowest BCUT2D eigenvalue weighted by atomic mass is 10.1. The van der Waals surface area contributed by atoms with Gasteiger partial charge in [-0.25, -0.2) is 0 Å². The molecule has 1 aromatic rings. The van der Waals surface area contributed by atoms with Gasteiger partial charge in [0, 0.05) is 24.8 Å². The minimum atomic E-state index is -0.150. The highest BCUT2D eigenvalue weighted by Crippen LogP contribution is 2.23. The predicted octanol–water partition coefficient (Wildman–Crippen LogP) is 1.12. The van der Waals surface area contributed by atoms with E-state index in [1.54, 1.807) is 23.1 Å². The number of carbonyl (C=O) groups excluding carboxylic acids is 1. The number of nitrogens with zero attached hydrogens (tertiary/aromatic N) is 1. The molecule has 0 saturated heterocycles. The molecule has 1 aromatic carbocycles. The second-order valence-electron chi connectivity index (χ2n) is 3.98. The minimum Gasteiger partial charge on any atom is -0.496 e. The summed E-state index contributed by atoms with van der Waals surface area (Å²) in [6.07, 6.45) is 0.836. The van der Waals surface area contributed by atoms with E-state index in [-0.39, 0.29) is 12.5 Å². The number of ether oxygens (including phenoxy) is 1. The van der Waals surface area contributed by atoms with Crippen LogP contribution in [0.25, 0.3) is 0 Å². The molecule has 1 amide bonds. The van der Waals surface area contributed by atoms with Crippen LogP contribution < -0.4 is 10.5 Å². The Kier molecular flexibility index (Phi) is 5.45. The van der Waals surface area contributed by atoms with Gasteiger partial charge in [0.15, 0.2) is 0 Å². The Balaban J connectivity index is 3.00. The number of rotatable bonds is 6. The average Bonchev–Trinajstić information content (AvgIpc) is 2.37. The number of nitrogens with two attached hydrogens (primary N) is 1. The molecular weight excluding hydrogens is 232 g/mol. The zero-order chi connectivity index (χ0) is 13.5. The van der Waals surface area contributed by atoms with Crippen LogP contribution in [0.2, 0.25) is 0 Å². The van der Waals surface area contributed by atoms with Crippen LogP contribution in [0.5, 0.6) is 5.75 Å². The topological polar surface area (TPSA) is 75.8 Å². The number of aliphatic hydroxyl groups excluding tert-OH is 1. The van der Waals surface area contributed by atoms with E-state index >= 15 is 0 Å². The van der Waals surface area contributed by atoms with Gasteiger partial charge in [-0.3, -0.25) is 4.79 Å². The van der Waals surface area contributed by atoms with Crippen LogP contribution in [-0.4, -0.2) is 42.7 Å². The van der Waals surface area contributed by atoms with Gasteiger partial charge < -0.3 is 20.5 Å². The third-order valence-corrected chi connectivity index (χ3v) is 2.61. The number of amides is 1. The fraction of sp³-hybridized carbons (Fsp3) is 0.462. The van der Waals surface area contributed by atoms with E-state index in [0.717, 1.165) is 6.42 Å². The number of benzene rings is 1. The summed E-state index contributed by atoms with van der Waals surface area (Å²) in [5.41, 5.74) is 6.67. The molecule has 1 rings (SSSR count). The Morgan fingerprint density at radius 3 is 2.72 bits per heavy atom. The summed E-state index contributed by atoms with van der Waals surface area (Å²) in [5.74, 6) is 0.307. The molecule has 0 aliphatic heterocycles. The van der Waals surface area contributed by atoms with Gasteiger partial charge in [-0.15, -0.1) is 0 Å². The molecule has 0 aliphatic carbocycles. The van der Waals surface area contributed by atoms with E-state index < -0.39 is 0 Å². The summed E-state index contributed by atoms with van der Waals surface area (Å²) in [6, 6.07) is 4.94. The first-order chi connectivity index (χ1) is 8.63. The first kappa shape index (κ1) is 14.3. The number of hydrogen-bond acceptors (Lipinski definition) is 4. The lowest BCUT2D eigenvalue weighted by molar-refractivity contribution is 0.0718. The molecule has 0 radical (unpaired) electrons. The van der Waals surface area contributed by atoms with E-state index in [0.29, 0.717) is 30.1 Å². The van der Waals surface area contributed by atoms with Gasteiger partial charge in [0.05, 0.1) is 19.3 Å². The van der Waals surface area contributed by atoms with Crippen molar-refractivity contribution in [1.82, 2.24) is 4.90 Å². The Labute approximate surface area is 107 Å². The summed E-state index contributed by atoms with van der Waals surface area (Å²) in [4.78, 5) is 13.9. The molecule has 100 valence electrons. The molecule has 0 aliphatic rings. The lowest BCUT2D eigenvalue weighted by Crippen LogP contribution is -2.34. The van der Waals surface area contributed by atoms with Gasteiger partial charge in [-0.05, 0) is 18.6 Å². The maximum atomic E-state index is 12.3. The monoisotopic (exact) mass is 252 g/mol. The standard InChI is InChI=1S/C13H20N2O3/c1-3-6-15(7-8-16)13(17)11-5-4-10(14)9-12(11)18-2/h4-5,9,16H,3,6-8,14H2,1-2H3. The molecule has 0 fully saturated rings. The number of anilines is 1. The van der Waals surface area contributed by atoms with Crippen LogP contribution in [-0.2, 0) is 0 Å². The number of hydrogen-bond donors (Lipinski definition) is 2. The Morgan fingerprint density at radius 2 is 2.17 bits per heavy atom. The van der Waals surface area contributed by atoms with Crippen molar-refractivity contribution < 1.29 is 14.6 Å². The molecule has 3 N–H and O–H groups in total. The van der Waals surface area contributed by atoms with Crippen molar-refractivity contribution in [3.8, 4) is 5.75 Å². The second kappa shape index (κ2) is 6.86. The van der Waals surface area contributed by atoms with Gasteiger partial charge in [0.25, 0.3) is 5.91 Å². The molecule has 0 atom stereocenters. The van der Waals surface area contributed by atoms with Gasteiger partial charge in [-0.2, -0.15) is 0 Å². The summed E-state index contributed by atoms with van der Waals surface area (Å²) in [6.45, 7) is 2.86. The van der Waals surface area contributed by atoms with Crippen molar-refractivity contribution in [1.29, 1.82) is 0 Å². The molecule has 5 nitrogen and oxygen atoms in total. The molecule has 0 unspecified atom stereocenters. The molecule has 5 heteroatoms. The van der Waals surface area contributed by atoms with E-state index in [1.165, 1.54) is 7.11 Å². The normalized spacial score (nSPS) is 10.2. The maximum absolute atomic E-state index is 12.3. The van der Waals surface area contributed by atoms with Crippen LogP contribution in [0.3, 0.4) is 0 Å². The largest absolute Gasteiger partial charge is 0.496 e. The van der Waals surface area contributed by atoms with Crippen molar-refractivity contribution >= 4 is 11.6 Å². The Morgan fingerprint density at radius 1 is 1.44 bits per heavy atom. The first-order valence-electron chi connectivity index (χ1n) is 5.97. The third-order valence-electron chi connectivity index (χ3n) is 2.61. The van der Waals surface area contributed by atoms with Gasteiger partial charge in [-0.1, -0.05) is 6.92 Å². The van der Waals surface area contributed by atoms with Crippen molar-refractivity contribution in [3.63, 3.8) is 0 Å². The van der Waals surface area contributed by atoms with Crippen molar-refractivity contribution in [2.75, 3.05) is 32.5 Å². The Bertz CT molecular complexity index is 401. The zero-order valence-corrected chi connectivity index (χ0v) is 10.8. The summed E-state index contributed by atoms with van der Waals surface area (Å²) in [7, 11) is 1.50. The minimum absolute atomic E-state index is 0.0526. The molecule has 0 bridgehead atoms. The number of nitrogen functional groups attached to an aromatic ring is 1. The highest BCUT2D eigenvalue weighted by atomic mass is 16.5. The van der Waals surface area contributed by atoms with Crippen LogP contribution in [0.15, 0.2) is 18.2 Å². The van der Waals surface area contributed by atoms with E-state index in [2.05, 4.69) is 0 Å². The van der Waals surface area contributed by atoms with E-state index in [9.17, 15) is 4.79 Å². The average molecular weight is 252 g/mol. The fourth-order valence-corrected chi connectivity index (χ4v) is 1.76. The molecule has 18 heavy (non-hydrogen) atoms. The van der Waals surface area contributed by atoms with Gasteiger partial charge >= 0.3 is 0 Å².